The molecule has 1 saturated carbocycles. The van der Waals surface area contributed by atoms with Gasteiger partial charge < -0.3 is 15.0 Å². The molecule has 3 aliphatic rings. The van der Waals surface area contributed by atoms with Crippen molar-refractivity contribution in [3.05, 3.63) is 18.2 Å². The lowest BCUT2D eigenvalue weighted by Gasteiger charge is -2.35. The Morgan fingerprint density at radius 3 is 2.55 bits per heavy atom. The Labute approximate surface area is 171 Å². The number of amides is 2. The molecule has 2 N–H and O–H groups in total. The predicted molar refractivity (Wildman–Crippen MR) is 107 cm³/mol. The monoisotopic (exact) mass is 421 g/mol. The Kier molecular flexibility index (Phi) is 5.78. The van der Waals surface area contributed by atoms with Crippen LogP contribution < -0.4 is 14.8 Å². The van der Waals surface area contributed by atoms with Crippen LogP contribution in [0, 0.1) is 5.92 Å². The molecule has 0 radical (unpaired) electrons. The number of ether oxygens (including phenoxy) is 1. The summed E-state index contributed by atoms with van der Waals surface area (Å²) in [6, 6.07) is 4.23. The van der Waals surface area contributed by atoms with Gasteiger partial charge in [-0.15, -0.1) is 0 Å². The molecule has 1 saturated heterocycles. The molecule has 4 rings (SSSR count). The molecule has 0 unspecified atom stereocenters. The van der Waals surface area contributed by atoms with E-state index in [1.807, 2.05) is 4.90 Å². The summed E-state index contributed by atoms with van der Waals surface area (Å²) in [6.45, 7) is 1.09. The highest BCUT2D eigenvalue weighted by Gasteiger charge is 2.31. The van der Waals surface area contributed by atoms with E-state index in [4.69, 9.17) is 4.74 Å². The molecule has 0 spiro atoms. The maximum absolute atomic E-state index is 12.8. The quantitative estimate of drug-likeness (QED) is 0.772. The van der Waals surface area contributed by atoms with Gasteiger partial charge in [-0.1, -0.05) is 19.3 Å². The molecule has 8 nitrogen and oxygen atoms in total. The van der Waals surface area contributed by atoms with Crippen molar-refractivity contribution >= 4 is 27.5 Å². The van der Waals surface area contributed by atoms with Crippen molar-refractivity contribution in [3.63, 3.8) is 0 Å². The van der Waals surface area contributed by atoms with Crippen molar-refractivity contribution in [2.45, 2.75) is 55.9 Å². The number of fused-ring (bicyclic) bond motifs is 1. The van der Waals surface area contributed by atoms with Gasteiger partial charge in [-0.2, -0.15) is 0 Å². The van der Waals surface area contributed by atoms with Crippen molar-refractivity contribution in [1.29, 1.82) is 0 Å². The van der Waals surface area contributed by atoms with Crippen LogP contribution in [0.3, 0.4) is 0 Å². The maximum Gasteiger partial charge on any atom is 0.262 e. The standard InChI is InChI=1S/C20H27N3O5S/c24-19-13-28-18-7-6-16(12-17(18)21-19)29(26,27)22-15-8-10-23(11-9-15)20(25)14-4-2-1-3-5-14/h6-7,12,14-15,22H,1-5,8-11,13H2,(H,21,24). The van der Waals surface area contributed by atoms with Gasteiger partial charge in [0.15, 0.2) is 6.61 Å². The van der Waals surface area contributed by atoms with Gasteiger partial charge in [0.1, 0.15) is 5.75 Å². The topological polar surface area (TPSA) is 105 Å². The maximum atomic E-state index is 12.8. The molecule has 1 aliphatic carbocycles. The second-order valence-electron chi connectivity index (χ2n) is 8.05. The van der Waals surface area contributed by atoms with Crippen LogP contribution >= 0.6 is 0 Å². The fourth-order valence-corrected chi connectivity index (χ4v) is 5.67. The highest BCUT2D eigenvalue weighted by molar-refractivity contribution is 7.89. The molecule has 2 heterocycles. The second kappa shape index (κ2) is 8.31. The van der Waals surface area contributed by atoms with E-state index >= 15 is 0 Å². The third-order valence-electron chi connectivity index (χ3n) is 5.98. The molecular formula is C20H27N3O5S. The smallest absolute Gasteiger partial charge is 0.262 e. The Morgan fingerprint density at radius 1 is 1.10 bits per heavy atom. The van der Waals surface area contributed by atoms with Gasteiger partial charge >= 0.3 is 0 Å². The Morgan fingerprint density at radius 2 is 1.83 bits per heavy atom. The number of rotatable bonds is 4. The van der Waals surface area contributed by atoms with Crippen LogP contribution in [0.4, 0.5) is 5.69 Å². The van der Waals surface area contributed by atoms with E-state index in [0.717, 1.165) is 25.7 Å². The number of hydrogen-bond donors (Lipinski definition) is 2. The summed E-state index contributed by atoms with van der Waals surface area (Å²) in [7, 11) is -3.73. The number of anilines is 1. The van der Waals surface area contributed by atoms with Crippen LogP contribution in [0.5, 0.6) is 5.75 Å². The first-order valence-corrected chi connectivity index (χ1v) is 11.8. The summed E-state index contributed by atoms with van der Waals surface area (Å²) in [5.41, 5.74) is 0.358. The molecule has 29 heavy (non-hydrogen) atoms. The molecule has 2 aliphatic heterocycles. The van der Waals surface area contributed by atoms with Crippen LogP contribution in [0.25, 0.3) is 0 Å². The average molecular weight is 422 g/mol. The van der Waals surface area contributed by atoms with E-state index in [-0.39, 0.29) is 35.3 Å². The zero-order valence-corrected chi connectivity index (χ0v) is 17.2. The number of sulfonamides is 1. The van der Waals surface area contributed by atoms with Crippen molar-refractivity contribution in [3.8, 4) is 5.75 Å². The number of piperidine rings is 1. The molecule has 2 fully saturated rings. The number of likely N-dealkylation sites (tertiary alicyclic amines) is 1. The van der Waals surface area contributed by atoms with Gasteiger partial charge in [0.05, 0.1) is 10.6 Å². The van der Waals surface area contributed by atoms with Crippen LogP contribution in [0.1, 0.15) is 44.9 Å². The Bertz CT molecular complexity index is 887. The highest BCUT2D eigenvalue weighted by atomic mass is 32.2. The summed E-state index contributed by atoms with van der Waals surface area (Å²) in [5.74, 6) is 0.523. The number of hydrogen-bond acceptors (Lipinski definition) is 5. The largest absolute Gasteiger partial charge is 0.482 e. The third-order valence-corrected chi connectivity index (χ3v) is 7.50. The Hall–Kier alpha value is -2.13. The van der Waals surface area contributed by atoms with Crippen LogP contribution in [-0.4, -0.2) is 50.9 Å². The van der Waals surface area contributed by atoms with Gasteiger partial charge in [-0.3, -0.25) is 9.59 Å². The first-order chi connectivity index (χ1) is 13.9. The summed E-state index contributed by atoms with van der Waals surface area (Å²) in [4.78, 5) is 26.1. The van der Waals surface area contributed by atoms with Crippen molar-refractivity contribution in [2.24, 2.45) is 5.92 Å². The minimum atomic E-state index is -3.73. The van der Waals surface area contributed by atoms with Crippen LogP contribution in [0.15, 0.2) is 23.1 Å². The zero-order valence-electron chi connectivity index (χ0n) is 16.4. The fraction of sp³-hybridized carbons (Fsp3) is 0.600. The first kappa shape index (κ1) is 20.2. The molecule has 0 atom stereocenters. The summed E-state index contributed by atoms with van der Waals surface area (Å²) < 4.78 is 33.6. The van der Waals surface area contributed by atoms with E-state index in [2.05, 4.69) is 10.0 Å². The third kappa shape index (κ3) is 4.56. The van der Waals surface area contributed by atoms with Crippen molar-refractivity contribution < 1.29 is 22.7 Å². The minimum Gasteiger partial charge on any atom is -0.482 e. The average Bonchev–Trinajstić information content (AvgIpc) is 2.73. The van der Waals surface area contributed by atoms with Gasteiger partial charge in [0.25, 0.3) is 5.91 Å². The Balaban J connectivity index is 1.35. The number of benzene rings is 1. The van der Waals surface area contributed by atoms with Gasteiger partial charge in [-0.05, 0) is 43.9 Å². The number of nitrogens with zero attached hydrogens (tertiary/aromatic N) is 1. The van der Waals surface area contributed by atoms with E-state index in [1.165, 1.54) is 18.6 Å². The van der Waals surface area contributed by atoms with Crippen LogP contribution in [-0.2, 0) is 19.6 Å². The minimum absolute atomic E-state index is 0.0739. The van der Waals surface area contributed by atoms with E-state index in [0.29, 0.717) is 37.4 Å². The van der Waals surface area contributed by atoms with Crippen molar-refractivity contribution in [2.75, 3.05) is 25.0 Å². The molecule has 1 aromatic rings. The molecule has 0 bridgehead atoms. The second-order valence-corrected chi connectivity index (χ2v) is 9.76. The summed E-state index contributed by atoms with van der Waals surface area (Å²) >= 11 is 0. The number of carbonyl (C=O) groups excluding carboxylic acids is 2. The lowest BCUT2D eigenvalue weighted by atomic mass is 9.87. The van der Waals surface area contributed by atoms with Crippen LogP contribution in [0.2, 0.25) is 0 Å². The van der Waals surface area contributed by atoms with E-state index in [1.54, 1.807) is 6.07 Å². The van der Waals surface area contributed by atoms with Gasteiger partial charge in [0.2, 0.25) is 15.9 Å². The van der Waals surface area contributed by atoms with E-state index in [9.17, 15) is 18.0 Å². The van der Waals surface area contributed by atoms with Crippen molar-refractivity contribution in [1.82, 2.24) is 9.62 Å². The van der Waals surface area contributed by atoms with Gasteiger partial charge in [-0.25, -0.2) is 13.1 Å². The fourth-order valence-electron chi connectivity index (χ4n) is 4.34. The van der Waals surface area contributed by atoms with Gasteiger partial charge in [0, 0.05) is 25.0 Å². The highest BCUT2D eigenvalue weighted by Crippen LogP contribution is 2.31. The molecule has 158 valence electrons. The lowest BCUT2D eigenvalue weighted by Crippen LogP contribution is -2.48. The summed E-state index contributed by atoms with van der Waals surface area (Å²) in [5, 5.41) is 2.63. The number of carbonyl (C=O) groups is 2. The lowest BCUT2D eigenvalue weighted by molar-refractivity contribution is -0.137. The zero-order chi connectivity index (χ0) is 20.4. The molecule has 9 heteroatoms. The summed E-state index contributed by atoms with van der Waals surface area (Å²) in [6.07, 6.45) is 6.61. The molecule has 2 amide bonds. The molecular weight excluding hydrogens is 394 g/mol. The number of nitrogens with one attached hydrogen (secondary N) is 2. The first-order valence-electron chi connectivity index (χ1n) is 10.3. The normalized spacial score (nSPS) is 21.2. The molecule has 1 aromatic carbocycles. The van der Waals surface area contributed by atoms with E-state index < -0.39 is 10.0 Å². The molecule has 0 aromatic heterocycles. The SMILES string of the molecule is O=C1COc2ccc(S(=O)(=O)NC3CCN(C(=O)C4CCCCC4)CC3)cc2N1. The predicted octanol–water partition coefficient (Wildman–Crippen LogP) is 1.87.